The number of carbonyl (C=O) groups is 1. The summed E-state index contributed by atoms with van der Waals surface area (Å²) in [7, 11) is 0. The van der Waals surface area contributed by atoms with E-state index in [1.54, 1.807) is 6.92 Å². The Hall–Kier alpha value is -2.28. The molecule has 1 saturated heterocycles. The Morgan fingerprint density at radius 3 is 2.84 bits per heavy atom. The average Bonchev–Trinajstić information content (AvgIpc) is 3.25. The zero-order valence-electron chi connectivity index (χ0n) is 13.7. The van der Waals surface area contributed by atoms with Crippen LogP contribution in [0.3, 0.4) is 0 Å². The zero-order chi connectivity index (χ0) is 17.7. The largest absolute Gasteiger partial charge is 0.435 e. The lowest BCUT2D eigenvalue weighted by molar-refractivity contribution is 0.0678. The van der Waals surface area contributed by atoms with E-state index in [9.17, 15) is 18.7 Å². The van der Waals surface area contributed by atoms with Crippen molar-refractivity contribution in [2.24, 2.45) is 0 Å². The van der Waals surface area contributed by atoms with Crippen LogP contribution in [0.5, 0.6) is 0 Å². The number of hydrogen-bond acceptors (Lipinski definition) is 4. The Morgan fingerprint density at radius 1 is 1.36 bits per heavy atom. The second-order valence-corrected chi connectivity index (χ2v) is 6.77. The SMILES string of the molecule is Cc1nc(C2CC2)oc1C(=O)N1CC(O)CC1c1cc(F)ccc1F. The second-order valence-electron chi connectivity index (χ2n) is 6.77. The van der Waals surface area contributed by atoms with Gasteiger partial charge in [-0.3, -0.25) is 4.79 Å². The zero-order valence-corrected chi connectivity index (χ0v) is 13.7. The number of hydrogen-bond donors (Lipinski definition) is 1. The van der Waals surface area contributed by atoms with Crippen LogP contribution in [0.25, 0.3) is 0 Å². The number of carbonyl (C=O) groups excluding carboxylic acids is 1. The van der Waals surface area contributed by atoms with Crippen LogP contribution in [0.2, 0.25) is 0 Å². The number of aliphatic hydroxyl groups is 1. The van der Waals surface area contributed by atoms with E-state index in [1.807, 2.05) is 0 Å². The maximum Gasteiger partial charge on any atom is 0.292 e. The molecule has 2 aromatic rings. The predicted molar refractivity (Wildman–Crippen MR) is 84.0 cm³/mol. The number of likely N-dealkylation sites (tertiary alicyclic amines) is 1. The Bertz CT molecular complexity index is 832. The minimum atomic E-state index is -0.803. The quantitative estimate of drug-likeness (QED) is 0.926. The van der Waals surface area contributed by atoms with Gasteiger partial charge in [-0.15, -0.1) is 0 Å². The van der Waals surface area contributed by atoms with E-state index in [1.165, 1.54) is 4.90 Å². The summed E-state index contributed by atoms with van der Waals surface area (Å²) >= 11 is 0. The van der Waals surface area contributed by atoms with Crippen molar-refractivity contribution in [2.75, 3.05) is 6.54 Å². The van der Waals surface area contributed by atoms with Gasteiger partial charge in [-0.05, 0) is 44.4 Å². The van der Waals surface area contributed by atoms with Gasteiger partial charge < -0.3 is 14.4 Å². The summed E-state index contributed by atoms with van der Waals surface area (Å²) in [6.07, 6.45) is 1.33. The average molecular weight is 348 g/mol. The molecule has 1 aliphatic carbocycles. The molecule has 1 N–H and O–H groups in total. The molecule has 2 aliphatic rings. The first-order chi connectivity index (χ1) is 11.9. The lowest BCUT2D eigenvalue weighted by Gasteiger charge is -2.24. The summed E-state index contributed by atoms with van der Waals surface area (Å²) in [6.45, 7) is 1.73. The Kier molecular flexibility index (Phi) is 3.83. The number of β-amino-alcohol motifs (C(OH)–C–C–N with tert-alkyl or cyclic N) is 1. The summed E-state index contributed by atoms with van der Waals surface area (Å²) in [5, 5.41) is 10.0. The molecule has 2 atom stereocenters. The van der Waals surface area contributed by atoms with Crippen molar-refractivity contribution in [3.05, 3.63) is 52.7 Å². The summed E-state index contributed by atoms with van der Waals surface area (Å²) < 4.78 is 33.3. The van der Waals surface area contributed by atoms with Gasteiger partial charge in [0.1, 0.15) is 11.6 Å². The first-order valence-corrected chi connectivity index (χ1v) is 8.35. The van der Waals surface area contributed by atoms with Crippen molar-refractivity contribution < 1.29 is 23.1 Å². The highest BCUT2D eigenvalue weighted by Gasteiger charge is 2.40. The number of rotatable bonds is 3. The van der Waals surface area contributed by atoms with Crippen LogP contribution < -0.4 is 0 Å². The fourth-order valence-corrected chi connectivity index (χ4v) is 3.35. The highest BCUT2D eigenvalue weighted by atomic mass is 19.1. The maximum absolute atomic E-state index is 14.2. The molecule has 7 heteroatoms. The number of benzene rings is 1. The number of nitrogens with zero attached hydrogens (tertiary/aromatic N) is 2. The van der Waals surface area contributed by atoms with Crippen LogP contribution in [-0.4, -0.2) is 33.5 Å². The van der Waals surface area contributed by atoms with Gasteiger partial charge in [-0.2, -0.15) is 0 Å². The van der Waals surface area contributed by atoms with Crippen LogP contribution in [0, 0.1) is 18.6 Å². The first kappa shape index (κ1) is 16.2. The van der Waals surface area contributed by atoms with Crippen molar-refractivity contribution >= 4 is 5.91 Å². The molecule has 1 aromatic carbocycles. The van der Waals surface area contributed by atoms with Crippen molar-refractivity contribution in [2.45, 2.75) is 44.2 Å². The summed E-state index contributed by atoms with van der Waals surface area (Å²) in [6, 6.07) is 2.38. The molecule has 1 aliphatic heterocycles. The number of amides is 1. The molecule has 0 bridgehead atoms. The fourth-order valence-electron chi connectivity index (χ4n) is 3.35. The van der Waals surface area contributed by atoms with E-state index >= 15 is 0 Å². The molecule has 2 unspecified atom stereocenters. The van der Waals surface area contributed by atoms with Crippen LogP contribution in [0.4, 0.5) is 8.78 Å². The van der Waals surface area contributed by atoms with Crippen LogP contribution in [0.15, 0.2) is 22.6 Å². The standard InChI is InChI=1S/C18H18F2N2O3/c1-9-16(25-17(21-9)10-2-3-10)18(24)22-8-12(23)7-15(22)13-6-11(19)4-5-14(13)20/h4-6,10,12,15,23H,2-3,7-8H2,1H3. The van der Waals surface area contributed by atoms with E-state index < -0.39 is 29.7 Å². The van der Waals surface area contributed by atoms with Crippen LogP contribution in [-0.2, 0) is 0 Å². The predicted octanol–water partition coefficient (Wildman–Crippen LogP) is 3.09. The molecule has 4 rings (SSSR count). The van der Waals surface area contributed by atoms with Crippen molar-refractivity contribution in [1.82, 2.24) is 9.88 Å². The molecule has 1 amide bonds. The maximum atomic E-state index is 14.2. The number of aromatic nitrogens is 1. The number of halogens is 2. The Labute approximate surface area is 143 Å². The van der Waals surface area contributed by atoms with E-state index in [2.05, 4.69) is 4.98 Å². The number of aliphatic hydroxyl groups excluding tert-OH is 1. The fraction of sp³-hybridized carbons (Fsp3) is 0.444. The summed E-state index contributed by atoms with van der Waals surface area (Å²) in [4.78, 5) is 18.6. The number of oxazole rings is 1. The molecule has 1 aromatic heterocycles. The second kappa shape index (κ2) is 5.91. The van der Waals surface area contributed by atoms with E-state index in [4.69, 9.17) is 4.42 Å². The van der Waals surface area contributed by atoms with Crippen molar-refractivity contribution in [1.29, 1.82) is 0 Å². The molecule has 25 heavy (non-hydrogen) atoms. The molecule has 132 valence electrons. The van der Waals surface area contributed by atoms with Gasteiger partial charge >= 0.3 is 0 Å². The molecule has 0 spiro atoms. The highest BCUT2D eigenvalue weighted by Crippen LogP contribution is 2.41. The van der Waals surface area contributed by atoms with E-state index in [-0.39, 0.29) is 30.2 Å². The minimum Gasteiger partial charge on any atom is -0.435 e. The molecular formula is C18H18F2N2O3. The first-order valence-electron chi connectivity index (χ1n) is 8.35. The third-order valence-electron chi connectivity index (χ3n) is 4.79. The third kappa shape index (κ3) is 2.93. The van der Waals surface area contributed by atoms with Gasteiger partial charge in [0.25, 0.3) is 5.91 Å². The smallest absolute Gasteiger partial charge is 0.292 e. The van der Waals surface area contributed by atoms with Crippen LogP contribution >= 0.6 is 0 Å². The van der Waals surface area contributed by atoms with Gasteiger partial charge in [-0.1, -0.05) is 0 Å². The van der Waals surface area contributed by atoms with Crippen LogP contribution in [0.1, 0.15) is 58.9 Å². The lowest BCUT2D eigenvalue weighted by Crippen LogP contribution is -2.32. The molecule has 0 radical (unpaired) electrons. The monoisotopic (exact) mass is 348 g/mol. The van der Waals surface area contributed by atoms with Gasteiger partial charge in [0.2, 0.25) is 5.76 Å². The Balaban J connectivity index is 1.67. The molecule has 2 fully saturated rings. The molecule has 5 nitrogen and oxygen atoms in total. The lowest BCUT2D eigenvalue weighted by atomic mass is 10.0. The van der Waals surface area contributed by atoms with Gasteiger partial charge in [0, 0.05) is 18.0 Å². The minimum absolute atomic E-state index is 0.0400. The normalized spacial score (nSPS) is 23.3. The topological polar surface area (TPSA) is 66.6 Å². The highest BCUT2D eigenvalue weighted by molar-refractivity contribution is 5.93. The van der Waals surface area contributed by atoms with E-state index in [0.29, 0.717) is 11.6 Å². The van der Waals surface area contributed by atoms with Gasteiger partial charge in [0.15, 0.2) is 5.89 Å². The third-order valence-corrected chi connectivity index (χ3v) is 4.79. The van der Waals surface area contributed by atoms with Gasteiger partial charge in [-0.25, -0.2) is 13.8 Å². The molecule has 1 saturated carbocycles. The summed E-state index contributed by atoms with van der Waals surface area (Å²) in [5.41, 5.74) is 0.538. The molecule has 2 heterocycles. The van der Waals surface area contributed by atoms with E-state index in [0.717, 1.165) is 31.0 Å². The number of aryl methyl sites for hydroxylation is 1. The summed E-state index contributed by atoms with van der Waals surface area (Å²) in [5.74, 6) is -0.724. The Morgan fingerprint density at radius 2 is 2.12 bits per heavy atom. The van der Waals surface area contributed by atoms with Gasteiger partial charge in [0.05, 0.1) is 17.8 Å². The van der Waals surface area contributed by atoms with Crippen molar-refractivity contribution in [3.63, 3.8) is 0 Å². The molecular weight excluding hydrogens is 330 g/mol. The van der Waals surface area contributed by atoms with Crippen molar-refractivity contribution in [3.8, 4) is 0 Å².